The molecule has 0 fully saturated rings. The van der Waals surface area contributed by atoms with Gasteiger partial charge in [-0.2, -0.15) is 10.2 Å². The van der Waals surface area contributed by atoms with Crippen molar-refractivity contribution in [1.29, 1.82) is 0 Å². The molecule has 3 rings (SSSR count). The first-order valence-electron chi connectivity index (χ1n) is 6.96. The van der Waals surface area contributed by atoms with Gasteiger partial charge in [0.05, 0.1) is 12.2 Å². The molecule has 0 aliphatic heterocycles. The second-order valence-corrected chi connectivity index (χ2v) is 5.02. The second-order valence-electron chi connectivity index (χ2n) is 5.02. The predicted octanol–water partition coefficient (Wildman–Crippen LogP) is 1.64. The second kappa shape index (κ2) is 6.32. The largest absolute Gasteiger partial charge is 0.308 e. The van der Waals surface area contributed by atoms with Crippen LogP contribution in [0.5, 0.6) is 0 Å². The maximum Gasteiger partial charge on any atom is 0.138 e. The molecule has 108 valence electrons. The number of nitrogens with zero attached hydrogens (tertiary/aromatic N) is 5. The quantitative estimate of drug-likeness (QED) is 0.746. The Labute approximate surface area is 123 Å². The maximum atomic E-state index is 4.21. The Morgan fingerprint density at radius 1 is 1.19 bits per heavy atom. The molecule has 2 heterocycles. The van der Waals surface area contributed by atoms with Crippen LogP contribution >= 0.6 is 0 Å². The molecule has 0 aliphatic rings. The van der Waals surface area contributed by atoms with Crippen LogP contribution in [0.1, 0.15) is 12.5 Å². The zero-order chi connectivity index (χ0) is 14.5. The van der Waals surface area contributed by atoms with E-state index in [1.165, 1.54) is 11.9 Å². The third-order valence-electron chi connectivity index (χ3n) is 3.29. The van der Waals surface area contributed by atoms with Crippen LogP contribution in [0.4, 0.5) is 0 Å². The summed E-state index contributed by atoms with van der Waals surface area (Å²) in [5.41, 5.74) is 2.26. The first-order chi connectivity index (χ1) is 10.3. The standard InChI is InChI=1S/C15H18N6/c1-13(10-20-8-2-7-18-20)17-9-14-3-5-15(6-4-14)21-12-16-11-19-21/h2-8,11-13,17H,9-10H2,1H3. The minimum absolute atomic E-state index is 0.361. The van der Waals surface area contributed by atoms with Crippen LogP contribution < -0.4 is 5.32 Å². The number of hydrogen-bond donors (Lipinski definition) is 1. The van der Waals surface area contributed by atoms with E-state index in [0.29, 0.717) is 6.04 Å². The molecule has 1 unspecified atom stereocenters. The van der Waals surface area contributed by atoms with Gasteiger partial charge in [-0.3, -0.25) is 4.68 Å². The van der Waals surface area contributed by atoms with Gasteiger partial charge in [0.25, 0.3) is 0 Å². The molecular formula is C15H18N6. The van der Waals surface area contributed by atoms with Crippen molar-refractivity contribution in [2.75, 3.05) is 0 Å². The minimum atomic E-state index is 0.361. The van der Waals surface area contributed by atoms with E-state index in [4.69, 9.17) is 0 Å². The van der Waals surface area contributed by atoms with Crippen LogP contribution in [0, 0.1) is 0 Å². The van der Waals surface area contributed by atoms with Gasteiger partial charge in [-0.1, -0.05) is 12.1 Å². The van der Waals surface area contributed by atoms with Crippen molar-refractivity contribution in [3.05, 3.63) is 60.9 Å². The molecule has 1 atom stereocenters. The van der Waals surface area contributed by atoms with Crippen LogP contribution in [0.15, 0.2) is 55.4 Å². The normalized spacial score (nSPS) is 12.4. The van der Waals surface area contributed by atoms with Crippen molar-refractivity contribution >= 4 is 0 Å². The molecule has 0 saturated heterocycles. The summed E-state index contributed by atoms with van der Waals surface area (Å²) in [5, 5.41) is 11.8. The predicted molar refractivity (Wildman–Crippen MR) is 79.9 cm³/mol. The number of hydrogen-bond acceptors (Lipinski definition) is 4. The molecule has 1 aromatic carbocycles. The van der Waals surface area contributed by atoms with E-state index in [0.717, 1.165) is 18.8 Å². The van der Waals surface area contributed by atoms with Crippen molar-refractivity contribution in [3.8, 4) is 5.69 Å². The zero-order valence-electron chi connectivity index (χ0n) is 11.9. The third-order valence-corrected chi connectivity index (χ3v) is 3.29. The third kappa shape index (κ3) is 3.55. The summed E-state index contributed by atoms with van der Waals surface area (Å²) in [6.07, 6.45) is 7.01. The Hall–Kier alpha value is -2.47. The van der Waals surface area contributed by atoms with Crippen LogP contribution in [0.25, 0.3) is 5.69 Å². The first kappa shape index (κ1) is 13.5. The Morgan fingerprint density at radius 2 is 2.05 bits per heavy atom. The average Bonchev–Trinajstić information content (AvgIpc) is 3.19. The van der Waals surface area contributed by atoms with Crippen LogP contribution in [0.2, 0.25) is 0 Å². The lowest BCUT2D eigenvalue weighted by Gasteiger charge is -2.14. The summed E-state index contributed by atoms with van der Waals surface area (Å²) in [5.74, 6) is 0. The minimum Gasteiger partial charge on any atom is -0.308 e. The molecule has 3 aromatic rings. The molecule has 0 radical (unpaired) electrons. The highest BCUT2D eigenvalue weighted by atomic mass is 15.3. The van der Waals surface area contributed by atoms with Crippen molar-refractivity contribution in [2.24, 2.45) is 0 Å². The van der Waals surface area contributed by atoms with Crippen molar-refractivity contribution < 1.29 is 0 Å². The molecule has 0 saturated carbocycles. The Morgan fingerprint density at radius 3 is 2.71 bits per heavy atom. The monoisotopic (exact) mass is 282 g/mol. The zero-order valence-corrected chi connectivity index (χ0v) is 11.9. The Kier molecular flexibility index (Phi) is 4.07. The fourth-order valence-corrected chi connectivity index (χ4v) is 2.15. The van der Waals surface area contributed by atoms with Gasteiger partial charge >= 0.3 is 0 Å². The molecule has 0 bridgehead atoms. The SMILES string of the molecule is CC(Cn1cccn1)NCc1ccc(-n2cncn2)cc1. The highest BCUT2D eigenvalue weighted by molar-refractivity contribution is 5.33. The lowest BCUT2D eigenvalue weighted by atomic mass is 10.2. The van der Waals surface area contributed by atoms with Gasteiger partial charge in [0.15, 0.2) is 0 Å². The summed E-state index contributed by atoms with van der Waals surface area (Å²) in [7, 11) is 0. The number of benzene rings is 1. The lowest BCUT2D eigenvalue weighted by Crippen LogP contribution is -2.30. The summed E-state index contributed by atoms with van der Waals surface area (Å²) < 4.78 is 3.68. The van der Waals surface area contributed by atoms with E-state index in [1.54, 1.807) is 17.2 Å². The number of rotatable bonds is 6. The van der Waals surface area contributed by atoms with Gasteiger partial charge in [-0.05, 0) is 30.7 Å². The van der Waals surface area contributed by atoms with Gasteiger partial charge in [-0.25, -0.2) is 9.67 Å². The first-order valence-corrected chi connectivity index (χ1v) is 6.96. The van der Waals surface area contributed by atoms with Gasteiger partial charge in [-0.15, -0.1) is 0 Å². The number of nitrogens with one attached hydrogen (secondary N) is 1. The van der Waals surface area contributed by atoms with Gasteiger partial charge in [0.1, 0.15) is 12.7 Å². The molecule has 0 spiro atoms. The van der Waals surface area contributed by atoms with Crippen LogP contribution in [0.3, 0.4) is 0 Å². The van der Waals surface area contributed by atoms with E-state index in [1.807, 2.05) is 29.1 Å². The highest BCUT2D eigenvalue weighted by Crippen LogP contribution is 2.08. The van der Waals surface area contributed by atoms with E-state index in [-0.39, 0.29) is 0 Å². The number of aromatic nitrogens is 5. The average molecular weight is 282 g/mol. The Balaban J connectivity index is 1.53. The van der Waals surface area contributed by atoms with Crippen LogP contribution in [-0.4, -0.2) is 30.6 Å². The summed E-state index contributed by atoms with van der Waals surface area (Å²) in [4.78, 5) is 3.95. The molecule has 1 N–H and O–H groups in total. The van der Waals surface area contributed by atoms with Crippen molar-refractivity contribution in [3.63, 3.8) is 0 Å². The fourth-order valence-electron chi connectivity index (χ4n) is 2.15. The fraction of sp³-hybridized carbons (Fsp3) is 0.267. The molecular weight excluding hydrogens is 264 g/mol. The van der Waals surface area contributed by atoms with Gasteiger partial charge in [0, 0.05) is 25.0 Å². The summed E-state index contributed by atoms with van der Waals surface area (Å²) >= 11 is 0. The van der Waals surface area contributed by atoms with E-state index in [2.05, 4.69) is 39.6 Å². The van der Waals surface area contributed by atoms with E-state index in [9.17, 15) is 0 Å². The highest BCUT2D eigenvalue weighted by Gasteiger charge is 2.03. The molecule has 0 aliphatic carbocycles. The lowest BCUT2D eigenvalue weighted by molar-refractivity contribution is 0.451. The van der Waals surface area contributed by atoms with Gasteiger partial charge < -0.3 is 5.32 Å². The molecule has 2 aromatic heterocycles. The smallest absolute Gasteiger partial charge is 0.138 e. The van der Waals surface area contributed by atoms with Gasteiger partial charge in [0.2, 0.25) is 0 Å². The van der Waals surface area contributed by atoms with Crippen molar-refractivity contribution in [2.45, 2.75) is 26.1 Å². The molecule has 6 heteroatoms. The van der Waals surface area contributed by atoms with E-state index >= 15 is 0 Å². The van der Waals surface area contributed by atoms with E-state index < -0.39 is 0 Å². The van der Waals surface area contributed by atoms with Crippen LogP contribution in [-0.2, 0) is 13.1 Å². The molecule has 21 heavy (non-hydrogen) atoms. The van der Waals surface area contributed by atoms with Crippen molar-refractivity contribution in [1.82, 2.24) is 29.9 Å². The molecule has 6 nitrogen and oxygen atoms in total. The Bertz CT molecular complexity index is 642. The summed E-state index contributed by atoms with van der Waals surface area (Å²) in [6, 6.07) is 10.6. The topological polar surface area (TPSA) is 60.6 Å². The summed E-state index contributed by atoms with van der Waals surface area (Å²) in [6.45, 7) is 3.86. The maximum absolute atomic E-state index is 4.21. The molecule has 0 amide bonds.